The maximum atomic E-state index is 12.7. The molecular formula is C13H9FN2O4. The third-order valence-corrected chi connectivity index (χ3v) is 2.52. The molecule has 20 heavy (non-hydrogen) atoms. The smallest absolute Gasteiger partial charge is 0.282 e. The summed E-state index contributed by atoms with van der Waals surface area (Å²) in [4.78, 5) is 22.1. The number of hydrogen-bond acceptors (Lipinski definition) is 4. The van der Waals surface area contributed by atoms with Crippen molar-refractivity contribution in [2.24, 2.45) is 0 Å². The zero-order valence-electron chi connectivity index (χ0n) is 10.0. The molecule has 2 N–H and O–H groups in total. The van der Waals surface area contributed by atoms with E-state index in [1.54, 1.807) is 0 Å². The Balaban J connectivity index is 2.31. The van der Waals surface area contributed by atoms with E-state index in [1.807, 2.05) is 0 Å². The van der Waals surface area contributed by atoms with Crippen molar-refractivity contribution in [3.63, 3.8) is 0 Å². The second kappa shape index (κ2) is 5.35. The number of nitro benzene ring substituents is 1. The number of nitro groups is 1. The molecule has 0 aliphatic rings. The van der Waals surface area contributed by atoms with Gasteiger partial charge in [0.05, 0.1) is 4.92 Å². The molecule has 0 unspecified atom stereocenters. The average molecular weight is 276 g/mol. The summed E-state index contributed by atoms with van der Waals surface area (Å²) in [6.07, 6.45) is 0. The number of phenolic OH excluding ortho intramolecular Hbond substituents is 1. The minimum Gasteiger partial charge on any atom is -0.508 e. The fraction of sp³-hybridized carbons (Fsp3) is 0. The van der Waals surface area contributed by atoms with E-state index < -0.39 is 22.3 Å². The monoisotopic (exact) mass is 276 g/mol. The second-order valence-electron chi connectivity index (χ2n) is 3.92. The highest BCUT2D eigenvalue weighted by molar-refractivity contribution is 6.07. The van der Waals surface area contributed by atoms with Gasteiger partial charge in [0, 0.05) is 11.8 Å². The number of phenols is 1. The molecule has 2 rings (SSSR count). The Hall–Kier alpha value is -2.96. The van der Waals surface area contributed by atoms with E-state index in [4.69, 9.17) is 0 Å². The molecule has 0 atom stereocenters. The number of amides is 1. The molecule has 0 aliphatic heterocycles. The Labute approximate surface area is 112 Å². The number of nitrogens with zero attached hydrogens (tertiary/aromatic N) is 1. The van der Waals surface area contributed by atoms with E-state index in [-0.39, 0.29) is 17.0 Å². The molecule has 2 aromatic rings. The Kier molecular flexibility index (Phi) is 3.60. The van der Waals surface area contributed by atoms with Gasteiger partial charge in [0.15, 0.2) is 0 Å². The van der Waals surface area contributed by atoms with Gasteiger partial charge in [0.25, 0.3) is 11.6 Å². The zero-order valence-corrected chi connectivity index (χ0v) is 10.0. The van der Waals surface area contributed by atoms with E-state index in [0.717, 1.165) is 30.3 Å². The van der Waals surface area contributed by atoms with Crippen LogP contribution in [0.1, 0.15) is 10.4 Å². The maximum Gasteiger partial charge on any atom is 0.282 e. The Morgan fingerprint density at radius 3 is 2.45 bits per heavy atom. The van der Waals surface area contributed by atoms with Crippen molar-refractivity contribution < 1.29 is 19.2 Å². The van der Waals surface area contributed by atoms with Crippen LogP contribution in [0.2, 0.25) is 0 Å². The number of hydrogen-bond donors (Lipinski definition) is 2. The van der Waals surface area contributed by atoms with E-state index in [9.17, 15) is 24.4 Å². The van der Waals surface area contributed by atoms with Crippen LogP contribution in [-0.4, -0.2) is 15.9 Å². The molecule has 0 fully saturated rings. The van der Waals surface area contributed by atoms with E-state index >= 15 is 0 Å². The summed E-state index contributed by atoms with van der Waals surface area (Å²) in [6, 6.07) is 8.08. The lowest BCUT2D eigenvalue weighted by molar-refractivity contribution is -0.385. The van der Waals surface area contributed by atoms with Crippen LogP contribution < -0.4 is 5.32 Å². The second-order valence-corrected chi connectivity index (χ2v) is 3.92. The van der Waals surface area contributed by atoms with Crippen LogP contribution >= 0.6 is 0 Å². The van der Waals surface area contributed by atoms with Crippen LogP contribution in [0.15, 0.2) is 42.5 Å². The lowest BCUT2D eigenvalue weighted by Gasteiger charge is -2.06. The van der Waals surface area contributed by atoms with Crippen LogP contribution in [0.4, 0.5) is 15.8 Å². The molecule has 0 spiro atoms. The third-order valence-electron chi connectivity index (χ3n) is 2.52. The fourth-order valence-electron chi connectivity index (χ4n) is 1.60. The van der Waals surface area contributed by atoms with E-state index in [2.05, 4.69) is 5.32 Å². The van der Waals surface area contributed by atoms with Gasteiger partial charge in [0.1, 0.15) is 17.1 Å². The van der Waals surface area contributed by atoms with Crippen molar-refractivity contribution in [1.29, 1.82) is 0 Å². The molecule has 0 saturated heterocycles. The summed E-state index contributed by atoms with van der Waals surface area (Å²) < 4.78 is 12.7. The SMILES string of the molecule is O=C(Nc1ccc(F)cc1)c1cc(O)ccc1[N+](=O)[O-]. The van der Waals surface area contributed by atoms with Crippen molar-refractivity contribution in [1.82, 2.24) is 0 Å². The van der Waals surface area contributed by atoms with Crippen molar-refractivity contribution >= 4 is 17.3 Å². The van der Waals surface area contributed by atoms with Gasteiger partial charge in [-0.05, 0) is 36.4 Å². The van der Waals surface area contributed by atoms with E-state index in [1.165, 1.54) is 12.1 Å². The van der Waals surface area contributed by atoms with Gasteiger partial charge in [-0.15, -0.1) is 0 Å². The summed E-state index contributed by atoms with van der Waals surface area (Å²) in [5, 5.41) is 22.5. The summed E-state index contributed by atoms with van der Waals surface area (Å²) in [5.74, 6) is -1.50. The highest BCUT2D eigenvalue weighted by atomic mass is 19.1. The van der Waals surface area contributed by atoms with Crippen LogP contribution in [0.5, 0.6) is 5.75 Å². The van der Waals surface area contributed by atoms with Gasteiger partial charge in [0.2, 0.25) is 0 Å². The summed E-state index contributed by atoms with van der Waals surface area (Å²) in [6.45, 7) is 0. The minimum absolute atomic E-state index is 0.264. The highest BCUT2D eigenvalue weighted by Gasteiger charge is 2.20. The van der Waals surface area contributed by atoms with Gasteiger partial charge in [-0.2, -0.15) is 0 Å². The number of rotatable bonds is 3. The van der Waals surface area contributed by atoms with Crippen LogP contribution in [0, 0.1) is 15.9 Å². The van der Waals surface area contributed by atoms with Gasteiger partial charge < -0.3 is 10.4 Å². The van der Waals surface area contributed by atoms with E-state index in [0.29, 0.717) is 0 Å². The predicted molar refractivity (Wildman–Crippen MR) is 69.1 cm³/mol. The first kappa shape index (κ1) is 13.5. The summed E-state index contributed by atoms with van der Waals surface area (Å²) in [7, 11) is 0. The van der Waals surface area contributed by atoms with Crippen molar-refractivity contribution in [2.45, 2.75) is 0 Å². The van der Waals surface area contributed by atoms with Crippen molar-refractivity contribution in [2.75, 3.05) is 5.32 Å². The van der Waals surface area contributed by atoms with Gasteiger partial charge >= 0.3 is 0 Å². The molecule has 7 heteroatoms. The number of carbonyl (C=O) groups excluding carboxylic acids is 1. The number of benzene rings is 2. The predicted octanol–water partition coefficient (Wildman–Crippen LogP) is 2.69. The minimum atomic E-state index is -0.765. The molecule has 0 heterocycles. The average Bonchev–Trinajstić information content (AvgIpc) is 2.41. The number of carbonyl (C=O) groups is 1. The first-order chi connectivity index (χ1) is 9.47. The first-order valence-corrected chi connectivity index (χ1v) is 5.51. The Morgan fingerprint density at radius 2 is 1.85 bits per heavy atom. The van der Waals surface area contributed by atoms with Crippen LogP contribution in [-0.2, 0) is 0 Å². The standard InChI is InChI=1S/C13H9FN2O4/c14-8-1-3-9(4-2-8)15-13(18)11-7-10(17)5-6-12(11)16(19)20/h1-7,17H,(H,15,18). The zero-order chi connectivity index (χ0) is 14.7. The molecule has 0 radical (unpaired) electrons. The van der Waals surface area contributed by atoms with Gasteiger partial charge in [-0.3, -0.25) is 14.9 Å². The fourth-order valence-corrected chi connectivity index (χ4v) is 1.60. The number of halogens is 1. The normalized spacial score (nSPS) is 10.1. The molecule has 6 nitrogen and oxygen atoms in total. The summed E-state index contributed by atoms with van der Waals surface area (Å²) in [5.41, 5.74) is -0.421. The molecule has 0 aromatic heterocycles. The number of nitrogens with one attached hydrogen (secondary N) is 1. The van der Waals surface area contributed by atoms with Crippen molar-refractivity contribution in [3.05, 3.63) is 64.0 Å². The van der Waals surface area contributed by atoms with Crippen LogP contribution in [0.25, 0.3) is 0 Å². The number of anilines is 1. The molecular weight excluding hydrogens is 267 g/mol. The molecule has 1 amide bonds. The lowest BCUT2D eigenvalue weighted by Crippen LogP contribution is -2.13. The number of aromatic hydroxyl groups is 1. The summed E-state index contributed by atoms with van der Waals surface area (Å²) >= 11 is 0. The molecule has 0 bridgehead atoms. The molecule has 0 saturated carbocycles. The van der Waals surface area contributed by atoms with Gasteiger partial charge in [-0.1, -0.05) is 0 Å². The highest BCUT2D eigenvalue weighted by Crippen LogP contribution is 2.24. The Morgan fingerprint density at radius 1 is 1.20 bits per heavy atom. The van der Waals surface area contributed by atoms with Gasteiger partial charge in [-0.25, -0.2) is 4.39 Å². The first-order valence-electron chi connectivity index (χ1n) is 5.51. The lowest BCUT2D eigenvalue weighted by atomic mass is 10.1. The topological polar surface area (TPSA) is 92.5 Å². The third kappa shape index (κ3) is 2.89. The molecule has 102 valence electrons. The Bertz CT molecular complexity index is 671. The molecule has 2 aromatic carbocycles. The maximum absolute atomic E-state index is 12.7. The van der Waals surface area contributed by atoms with Crippen molar-refractivity contribution in [3.8, 4) is 5.75 Å². The quantitative estimate of drug-likeness (QED) is 0.665. The largest absolute Gasteiger partial charge is 0.508 e. The molecule has 0 aliphatic carbocycles. The van der Waals surface area contributed by atoms with Crippen LogP contribution in [0.3, 0.4) is 0 Å².